The first-order chi connectivity index (χ1) is 6.40. The zero-order valence-electron chi connectivity index (χ0n) is 7.99. The number of nitrogens with zero attached hydrogens (tertiary/aromatic N) is 1. The topological polar surface area (TPSA) is 24.9 Å². The van der Waals surface area contributed by atoms with Gasteiger partial charge >= 0.3 is 0 Å². The highest BCUT2D eigenvalue weighted by Gasteiger charge is 2.26. The zero-order valence-corrected chi connectivity index (χ0v) is 8.81. The molecule has 1 aliphatic rings. The third-order valence-corrected chi connectivity index (χ3v) is 3.75. The quantitative estimate of drug-likeness (QED) is 0.800. The monoisotopic (exact) mass is 196 g/mol. The SMILES string of the molecule is CNC1CCCC1Cc1nccs1. The van der Waals surface area contributed by atoms with E-state index >= 15 is 0 Å². The second kappa shape index (κ2) is 4.20. The second-order valence-electron chi connectivity index (χ2n) is 3.72. The van der Waals surface area contributed by atoms with Gasteiger partial charge < -0.3 is 5.32 Å². The van der Waals surface area contributed by atoms with E-state index in [1.807, 2.05) is 6.20 Å². The molecule has 0 amide bonds. The fraction of sp³-hybridized carbons (Fsp3) is 0.700. The molecule has 1 N–H and O–H groups in total. The molecule has 2 atom stereocenters. The first-order valence-electron chi connectivity index (χ1n) is 4.96. The summed E-state index contributed by atoms with van der Waals surface area (Å²) in [7, 11) is 2.07. The van der Waals surface area contributed by atoms with Crippen LogP contribution >= 0.6 is 11.3 Å². The van der Waals surface area contributed by atoms with E-state index in [4.69, 9.17) is 0 Å². The molecule has 0 radical (unpaired) electrons. The molecule has 0 saturated heterocycles. The van der Waals surface area contributed by atoms with Crippen molar-refractivity contribution in [2.45, 2.75) is 31.7 Å². The molecule has 0 aromatic carbocycles. The Morgan fingerprint density at radius 1 is 1.62 bits per heavy atom. The normalized spacial score (nSPS) is 28.1. The highest BCUT2D eigenvalue weighted by Crippen LogP contribution is 2.28. The summed E-state index contributed by atoms with van der Waals surface area (Å²) in [4.78, 5) is 4.34. The molecule has 1 saturated carbocycles. The number of hydrogen-bond donors (Lipinski definition) is 1. The average molecular weight is 196 g/mol. The van der Waals surface area contributed by atoms with E-state index in [1.165, 1.54) is 30.7 Å². The van der Waals surface area contributed by atoms with E-state index in [2.05, 4.69) is 22.7 Å². The molecular formula is C10H16N2S. The van der Waals surface area contributed by atoms with Gasteiger partial charge in [0, 0.05) is 24.0 Å². The number of thiazole rings is 1. The lowest BCUT2D eigenvalue weighted by Crippen LogP contribution is -2.29. The number of nitrogens with one attached hydrogen (secondary N) is 1. The van der Waals surface area contributed by atoms with Gasteiger partial charge in [0.05, 0.1) is 5.01 Å². The summed E-state index contributed by atoms with van der Waals surface area (Å²) < 4.78 is 0. The van der Waals surface area contributed by atoms with Crippen LogP contribution in [-0.4, -0.2) is 18.1 Å². The average Bonchev–Trinajstić information content (AvgIpc) is 2.76. The van der Waals surface area contributed by atoms with Crippen LogP contribution in [0, 0.1) is 5.92 Å². The van der Waals surface area contributed by atoms with Gasteiger partial charge in [-0.05, 0) is 25.8 Å². The van der Waals surface area contributed by atoms with Crippen molar-refractivity contribution in [3.8, 4) is 0 Å². The lowest BCUT2D eigenvalue weighted by atomic mass is 10.0. The molecule has 0 bridgehead atoms. The van der Waals surface area contributed by atoms with Gasteiger partial charge in [0.15, 0.2) is 0 Å². The molecule has 2 nitrogen and oxygen atoms in total. The van der Waals surface area contributed by atoms with Gasteiger partial charge in [-0.2, -0.15) is 0 Å². The van der Waals surface area contributed by atoms with Gasteiger partial charge in [-0.25, -0.2) is 4.98 Å². The molecule has 1 aromatic rings. The lowest BCUT2D eigenvalue weighted by Gasteiger charge is -2.17. The van der Waals surface area contributed by atoms with Crippen molar-refractivity contribution in [1.29, 1.82) is 0 Å². The molecule has 0 spiro atoms. The summed E-state index contributed by atoms with van der Waals surface area (Å²) in [5, 5.41) is 6.77. The molecule has 72 valence electrons. The van der Waals surface area contributed by atoms with Crippen LogP contribution in [-0.2, 0) is 6.42 Å². The van der Waals surface area contributed by atoms with Crippen LogP contribution in [0.25, 0.3) is 0 Å². The maximum Gasteiger partial charge on any atom is 0.0928 e. The summed E-state index contributed by atoms with van der Waals surface area (Å²) in [6.45, 7) is 0. The Balaban J connectivity index is 1.94. The van der Waals surface area contributed by atoms with Gasteiger partial charge in [-0.1, -0.05) is 6.42 Å². The third kappa shape index (κ3) is 2.09. The second-order valence-corrected chi connectivity index (χ2v) is 4.70. The highest BCUT2D eigenvalue weighted by molar-refractivity contribution is 7.09. The predicted octanol–water partition coefficient (Wildman–Crippen LogP) is 2.07. The van der Waals surface area contributed by atoms with E-state index in [9.17, 15) is 0 Å². The Kier molecular flexibility index (Phi) is 2.96. The highest BCUT2D eigenvalue weighted by atomic mass is 32.1. The van der Waals surface area contributed by atoms with Crippen molar-refractivity contribution >= 4 is 11.3 Å². The molecule has 3 heteroatoms. The van der Waals surface area contributed by atoms with Crippen LogP contribution in [0.3, 0.4) is 0 Å². The predicted molar refractivity (Wildman–Crippen MR) is 56.0 cm³/mol. The Morgan fingerprint density at radius 2 is 2.54 bits per heavy atom. The van der Waals surface area contributed by atoms with E-state index in [0.717, 1.165) is 12.0 Å². The first kappa shape index (κ1) is 9.16. The van der Waals surface area contributed by atoms with Crippen LogP contribution in [0.4, 0.5) is 0 Å². The van der Waals surface area contributed by atoms with Gasteiger partial charge in [0.1, 0.15) is 0 Å². The number of aromatic nitrogens is 1. The molecule has 1 aliphatic carbocycles. The van der Waals surface area contributed by atoms with Gasteiger partial charge in [0.25, 0.3) is 0 Å². The van der Waals surface area contributed by atoms with E-state index in [-0.39, 0.29) is 0 Å². The zero-order chi connectivity index (χ0) is 9.10. The van der Waals surface area contributed by atoms with Crippen LogP contribution in [0.15, 0.2) is 11.6 Å². The standard InChI is InChI=1S/C10H16N2S/c1-11-9-4-2-3-8(9)7-10-12-5-6-13-10/h5-6,8-9,11H,2-4,7H2,1H3. The van der Waals surface area contributed by atoms with Crippen molar-refractivity contribution in [3.63, 3.8) is 0 Å². The summed E-state index contributed by atoms with van der Waals surface area (Å²) >= 11 is 1.78. The van der Waals surface area contributed by atoms with Crippen molar-refractivity contribution in [2.24, 2.45) is 5.92 Å². The Labute approximate surface area is 83.4 Å². The maximum absolute atomic E-state index is 4.34. The van der Waals surface area contributed by atoms with Crippen molar-refractivity contribution in [1.82, 2.24) is 10.3 Å². The summed E-state index contributed by atoms with van der Waals surface area (Å²) in [6, 6.07) is 0.726. The minimum atomic E-state index is 0.726. The lowest BCUT2D eigenvalue weighted by molar-refractivity contribution is 0.423. The van der Waals surface area contributed by atoms with Crippen LogP contribution in [0.5, 0.6) is 0 Å². The number of rotatable bonds is 3. The fourth-order valence-electron chi connectivity index (χ4n) is 2.24. The van der Waals surface area contributed by atoms with Crippen molar-refractivity contribution in [2.75, 3.05) is 7.05 Å². The fourth-order valence-corrected chi connectivity index (χ4v) is 2.95. The Morgan fingerprint density at radius 3 is 3.23 bits per heavy atom. The Hall–Kier alpha value is -0.410. The minimum Gasteiger partial charge on any atom is -0.317 e. The molecule has 1 aromatic heterocycles. The molecule has 1 heterocycles. The van der Waals surface area contributed by atoms with Crippen molar-refractivity contribution < 1.29 is 0 Å². The summed E-state index contributed by atoms with van der Waals surface area (Å²) in [5.74, 6) is 0.816. The van der Waals surface area contributed by atoms with Gasteiger partial charge in [-0.3, -0.25) is 0 Å². The molecular weight excluding hydrogens is 180 g/mol. The summed E-state index contributed by atoms with van der Waals surface area (Å²) in [6.07, 6.45) is 7.16. The Bertz CT molecular complexity index is 245. The number of hydrogen-bond acceptors (Lipinski definition) is 3. The van der Waals surface area contributed by atoms with E-state index in [1.54, 1.807) is 11.3 Å². The first-order valence-corrected chi connectivity index (χ1v) is 5.83. The molecule has 2 rings (SSSR count). The molecule has 13 heavy (non-hydrogen) atoms. The van der Waals surface area contributed by atoms with Crippen LogP contribution in [0.1, 0.15) is 24.3 Å². The van der Waals surface area contributed by atoms with Crippen LogP contribution in [0.2, 0.25) is 0 Å². The van der Waals surface area contributed by atoms with Crippen LogP contribution < -0.4 is 5.32 Å². The molecule has 1 fully saturated rings. The minimum absolute atomic E-state index is 0.726. The summed E-state index contributed by atoms with van der Waals surface area (Å²) in [5.41, 5.74) is 0. The van der Waals surface area contributed by atoms with Gasteiger partial charge in [-0.15, -0.1) is 11.3 Å². The maximum atomic E-state index is 4.34. The third-order valence-electron chi connectivity index (χ3n) is 2.95. The smallest absolute Gasteiger partial charge is 0.0928 e. The van der Waals surface area contributed by atoms with E-state index < -0.39 is 0 Å². The largest absolute Gasteiger partial charge is 0.317 e. The van der Waals surface area contributed by atoms with E-state index in [0.29, 0.717) is 0 Å². The molecule has 2 unspecified atom stereocenters. The van der Waals surface area contributed by atoms with Gasteiger partial charge in [0.2, 0.25) is 0 Å². The molecule has 0 aliphatic heterocycles. The van der Waals surface area contributed by atoms with Crippen molar-refractivity contribution in [3.05, 3.63) is 16.6 Å².